The van der Waals surface area contributed by atoms with Crippen molar-refractivity contribution < 1.29 is 5.11 Å². The summed E-state index contributed by atoms with van der Waals surface area (Å²) in [5.41, 5.74) is 3.43. The van der Waals surface area contributed by atoms with Crippen molar-refractivity contribution in [3.63, 3.8) is 0 Å². The van der Waals surface area contributed by atoms with Gasteiger partial charge in [-0.3, -0.25) is 4.68 Å². The average Bonchev–Trinajstić information content (AvgIpc) is 2.83. The Morgan fingerprint density at radius 1 is 1.50 bits per heavy atom. The lowest BCUT2D eigenvalue weighted by molar-refractivity contribution is 0.171. The summed E-state index contributed by atoms with van der Waals surface area (Å²) in [7, 11) is 1.94. The van der Waals surface area contributed by atoms with Gasteiger partial charge in [-0.15, -0.1) is 11.3 Å². The van der Waals surface area contributed by atoms with Gasteiger partial charge in [0.2, 0.25) is 0 Å². The largest absolute Gasteiger partial charge is 0.388 e. The molecule has 1 unspecified atom stereocenters. The standard InChI is InChI=1S/C13H17ClN2OS/c1-8-10(9(2)16(3)15-8)4-5-12(17)13-11(14)6-7-18-13/h6-7,12,17H,4-5H2,1-3H3. The lowest BCUT2D eigenvalue weighted by Gasteiger charge is -2.09. The Bertz CT molecular complexity index is 547. The molecule has 5 heteroatoms. The summed E-state index contributed by atoms with van der Waals surface area (Å²) in [5.74, 6) is 0. The van der Waals surface area contributed by atoms with Crippen LogP contribution in [0.2, 0.25) is 5.02 Å². The van der Waals surface area contributed by atoms with E-state index in [1.165, 1.54) is 16.9 Å². The molecule has 0 aliphatic rings. The van der Waals surface area contributed by atoms with Crippen LogP contribution in [0, 0.1) is 13.8 Å². The molecule has 0 bridgehead atoms. The van der Waals surface area contributed by atoms with Crippen molar-refractivity contribution in [1.82, 2.24) is 9.78 Å². The third-order valence-corrected chi connectivity index (χ3v) is 4.73. The summed E-state index contributed by atoms with van der Waals surface area (Å²) >= 11 is 7.52. The minimum atomic E-state index is -0.489. The highest BCUT2D eigenvalue weighted by Crippen LogP contribution is 2.31. The zero-order chi connectivity index (χ0) is 13.3. The highest BCUT2D eigenvalue weighted by atomic mass is 35.5. The predicted octanol–water partition coefficient (Wildman–Crippen LogP) is 3.42. The maximum Gasteiger partial charge on any atom is 0.0900 e. The minimum Gasteiger partial charge on any atom is -0.388 e. The van der Waals surface area contributed by atoms with E-state index in [0.717, 1.165) is 22.7 Å². The molecule has 0 saturated heterocycles. The number of hydrogen-bond donors (Lipinski definition) is 1. The van der Waals surface area contributed by atoms with Gasteiger partial charge in [0.1, 0.15) is 0 Å². The lowest BCUT2D eigenvalue weighted by atomic mass is 10.0. The summed E-state index contributed by atoms with van der Waals surface area (Å²) in [6.45, 7) is 4.06. The van der Waals surface area contributed by atoms with Crippen LogP contribution in [-0.4, -0.2) is 14.9 Å². The van der Waals surface area contributed by atoms with Crippen LogP contribution < -0.4 is 0 Å². The highest BCUT2D eigenvalue weighted by Gasteiger charge is 2.16. The Balaban J connectivity index is 2.06. The highest BCUT2D eigenvalue weighted by molar-refractivity contribution is 7.10. The first-order valence-corrected chi connectivity index (χ1v) is 7.16. The summed E-state index contributed by atoms with van der Waals surface area (Å²) < 4.78 is 1.88. The molecule has 1 N–H and O–H groups in total. The molecule has 0 spiro atoms. The zero-order valence-electron chi connectivity index (χ0n) is 10.8. The third-order valence-electron chi connectivity index (χ3n) is 3.27. The fraction of sp³-hybridized carbons (Fsp3) is 0.462. The molecule has 0 aromatic carbocycles. The van der Waals surface area contributed by atoms with E-state index < -0.39 is 6.10 Å². The average molecular weight is 285 g/mol. The lowest BCUT2D eigenvalue weighted by Crippen LogP contribution is -2.00. The quantitative estimate of drug-likeness (QED) is 0.934. The summed E-state index contributed by atoms with van der Waals surface area (Å²) in [6, 6.07) is 1.82. The molecule has 2 aromatic rings. The van der Waals surface area contributed by atoms with E-state index in [1.54, 1.807) is 0 Å². The topological polar surface area (TPSA) is 38.0 Å². The molecule has 2 aromatic heterocycles. The smallest absolute Gasteiger partial charge is 0.0900 e. The van der Waals surface area contributed by atoms with Gasteiger partial charge in [0, 0.05) is 12.7 Å². The summed E-state index contributed by atoms with van der Waals surface area (Å²) in [6.07, 6.45) is 1.01. The summed E-state index contributed by atoms with van der Waals surface area (Å²) in [5, 5.41) is 17.1. The van der Waals surface area contributed by atoms with Gasteiger partial charge >= 0.3 is 0 Å². The number of halogens is 1. The molecule has 0 radical (unpaired) electrons. The van der Waals surface area contributed by atoms with Gasteiger partial charge < -0.3 is 5.11 Å². The Hall–Kier alpha value is -0.840. The van der Waals surface area contributed by atoms with Crippen LogP contribution in [0.3, 0.4) is 0 Å². The Morgan fingerprint density at radius 3 is 2.72 bits per heavy atom. The van der Waals surface area contributed by atoms with E-state index in [1.807, 2.05) is 30.1 Å². The van der Waals surface area contributed by atoms with Gasteiger partial charge in [-0.05, 0) is 43.7 Å². The number of nitrogens with zero attached hydrogens (tertiary/aromatic N) is 2. The van der Waals surface area contributed by atoms with Crippen molar-refractivity contribution in [2.24, 2.45) is 7.05 Å². The van der Waals surface area contributed by atoms with Crippen molar-refractivity contribution >= 4 is 22.9 Å². The Kier molecular flexibility index (Phi) is 4.10. The Morgan fingerprint density at radius 2 is 2.22 bits per heavy atom. The van der Waals surface area contributed by atoms with Crippen molar-refractivity contribution in [3.05, 3.63) is 38.3 Å². The first-order chi connectivity index (χ1) is 8.50. The SMILES string of the molecule is Cc1nn(C)c(C)c1CCC(O)c1sccc1Cl. The minimum absolute atomic E-state index is 0.489. The van der Waals surface area contributed by atoms with Crippen LogP contribution in [0.4, 0.5) is 0 Å². The fourth-order valence-corrected chi connectivity index (χ4v) is 3.34. The van der Waals surface area contributed by atoms with E-state index in [-0.39, 0.29) is 0 Å². The number of aliphatic hydroxyl groups is 1. The molecular weight excluding hydrogens is 268 g/mol. The molecule has 98 valence electrons. The number of aromatic nitrogens is 2. The first-order valence-electron chi connectivity index (χ1n) is 5.90. The maximum atomic E-state index is 10.1. The van der Waals surface area contributed by atoms with Gasteiger partial charge in [0.05, 0.1) is 21.7 Å². The molecular formula is C13H17ClN2OS. The molecule has 1 atom stereocenters. The van der Waals surface area contributed by atoms with Crippen LogP contribution in [0.5, 0.6) is 0 Å². The van der Waals surface area contributed by atoms with E-state index in [2.05, 4.69) is 12.0 Å². The van der Waals surface area contributed by atoms with E-state index in [9.17, 15) is 5.11 Å². The van der Waals surface area contributed by atoms with Gasteiger partial charge in [0.15, 0.2) is 0 Å². The third kappa shape index (κ3) is 2.60. The number of aryl methyl sites for hydroxylation is 2. The number of thiophene rings is 1. The fourth-order valence-electron chi connectivity index (χ4n) is 2.13. The molecule has 18 heavy (non-hydrogen) atoms. The molecule has 2 rings (SSSR count). The number of aliphatic hydroxyl groups excluding tert-OH is 1. The van der Waals surface area contributed by atoms with Gasteiger partial charge in [-0.2, -0.15) is 5.10 Å². The second-order valence-corrected chi connectivity index (χ2v) is 5.82. The van der Waals surface area contributed by atoms with Gasteiger partial charge in [0.25, 0.3) is 0 Å². The molecule has 0 amide bonds. The van der Waals surface area contributed by atoms with Crippen LogP contribution in [0.1, 0.15) is 34.4 Å². The second-order valence-electron chi connectivity index (χ2n) is 4.46. The van der Waals surface area contributed by atoms with E-state index in [4.69, 9.17) is 11.6 Å². The molecule has 3 nitrogen and oxygen atoms in total. The van der Waals surface area contributed by atoms with Crippen molar-refractivity contribution in [1.29, 1.82) is 0 Å². The van der Waals surface area contributed by atoms with Gasteiger partial charge in [-0.25, -0.2) is 0 Å². The number of hydrogen-bond acceptors (Lipinski definition) is 3. The van der Waals surface area contributed by atoms with Crippen LogP contribution in [0.15, 0.2) is 11.4 Å². The van der Waals surface area contributed by atoms with Gasteiger partial charge in [-0.1, -0.05) is 11.6 Å². The molecule has 2 heterocycles. The molecule has 0 aliphatic heterocycles. The monoisotopic (exact) mass is 284 g/mol. The molecule has 0 aliphatic carbocycles. The van der Waals surface area contributed by atoms with Crippen molar-refractivity contribution in [3.8, 4) is 0 Å². The normalized spacial score (nSPS) is 12.9. The second kappa shape index (κ2) is 5.43. The van der Waals surface area contributed by atoms with E-state index in [0.29, 0.717) is 11.4 Å². The van der Waals surface area contributed by atoms with Crippen molar-refractivity contribution in [2.75, 3.05) is 0 Å². The van der Waals surface area contributed by atoms with Crippen LogP contribution in [-0.2, 0) is 13.5 Å². The Labute approximate surface area is 116 Å². The maximum absolute atomic E-state index is 10.1. The predicted molar refractivity (Wildman–Crippen MR) is 75.3 cm³/mol. The molecule has 0 saturated carbocycles. The number of rotatable bonds is 4. The molecule has 0 fully saturated rings. The van der Waals surface area contributed by atoms with Crippen LogP contribution in [0.25, 0.3) is 0 Å². The van der Waals surface area contributed by atoms with Crippen molar-refractivity contribution in [2.45, 2.75) is 32.8 Å². The van der Waals surface area contributed by atoms with Crippen LogP contribution >= 0.6 is 22.9 Å². The summed E-state index contributed by atoms with van der Waals surface area (Å²) in [4.78, 5) is 0.857. The zero-order valence-corrected chi connectivity index (χ0v) is 12.3. The first kappa shape index (κ1) is 13.6. The van der Waals surface area contributed by atoms with E-state index >= 15 is 0 Å².